The van der Waals surface area contributed by atoms with Crippen molar-refractivity contribution in [3.05, 3.63) is 58.5 Å². The van der Waals surface area contributed by atoms with Gasteiger partial charge in [-0.15, -0.1) is 0 Å². The maximum atomic E-state index is 13.2. The van der Waals surface area contributed by atoms with Crippen LogP contribution < -0.4 is 10.9 Å². The van der Waals surface area contributed by atoms with Gasteiger partial charge in [0.25, 0.3) is 5.56 Å². The molecule has 0 radical (unpaired) electrons. The number of hydrogen-bond donors (Lipinski definition) is 1. The maximum Gasteiger partial charge on any atom is 0.262 e. The van der Waals surface area contributed by atoms with E-state index in [1.165, 1.54) is 30.2 Å². The molecule has 1 aromatic carbocycles. The number of aromatic nitrogens is 4. The molecule has 8 heteroatoms. The summed E-state index contributed by atoms with van der Waals surface area (Å²) in [5.74, 6) is 0.677. The van der Waals surface area contributed by atoms with Crippen LogP contribution in [0.2, 0.25) is 0 Å². The van der Waals surface area contributed by atoms with Crippen LogP contribution in [0.25, 0.3) is 10.9 Å². The minimum Gasteiger partial charge on any atom is -0.310 e. The standard InChI is InChI=1S/C24H29N5O2S/c1-17(2)29-21(12-14-25-29)27-22(30)16-32-24-26-20-11-7-6-10-19(20)23(31)28(24)15-13-18-8-4-3-5-9-18/h6-8,10-12,14,17H,3-5,9,13,15-16H2,1-2H3,(H,27,30). The van der Waals surface area contributed by atoms with Crippen molar-refractivity contribution in [3.8, 4) is 0 Å². The number of nitrogens with one attached hydrogen (secondary N) is 1. The molecular formula is C24H29N5O2S. The zero-order valence-corrected chi connectivity index (χ0v) is 19.4. The number of rotatable bonds is 8. The van der Waals surface area contributed by atoms with E-state index in [9.17, 15) is 9.59 Å². The van der Waals surface area contributed by atoms with E-state index >= 15 is 0 Å². The summed E-state index contributed by atoms with van der Waals surface area (Å²) in [5, 5.41) is 8.35. The first kappa shape index (κ1) is 22.3. The molecule has 7 nitrogen and oxygen atoms in total. The van der Waals surface area contributed by atoms with Crippen molar-refractivity contribution >= 4 is 34.4 Å². The van der Waals surface area contributed by atoms with Gasteiger partial charge in [0.1, 0.15) is 5.82 Å². The molecule has 1 amide bonds. The predicted molar refractivity (Wildman–Crippen MR) is 129 cm³/mol. The third-order valence-corrected chi connectivity index (χ3v) is 6.60. The summed E-state index contributed by atoms with van der Waals surface area (Å²) in [5.41, 5.74) is 2.02. The Labute approximate surface area is 191 Å². The highest BCUT2D eigenvalue weighted by Gasteiger charge is 2.15. The molecule has 0 spiro atoms. The van der Waals surface area contributed by atoms with E-state index in [-0.39, 0.29) is 23.3 Å². The van der Waals surface area contributed by atoms with E-state index in [1.807, 2.05) is 38.1 Å². The highest BCUT2D eigenvalue weighted by atomic mass is 32.2. The zero-order chi connectivity index (χ0) is 22.5. The first-order chi connectivity index (χ1) is 15.5. The van der Waals surface area contributed by atoms with E-state index in [2.05, 4.69) is 16.5 Å². The van der Waals surface area contributed by atoms with Crippen LogP contribution in [0.5, 0.6) is 0 Å². The molecule has 0 unspecified atom stereocenters. The Morgan fingerprint density at radius 3 is 2.84 bits per heavy atom. The smallest absolute Gasteiger partial charge is 0.262 e. The third kappa shape index (κ3) is 5.12. The topological polar surface area (TPSA) is 81.8 Å². The molecule has 2 heterocycles. The van der Waals surface area contributed by atoms with Crippen molar-refractivity contribution in [1.82, 2.24) is 19.3 Å². The molecule has 1 N–H and O–H groups in total. The molecule has 1 aliphatic rings. The number of carbonyl (C=O) groups is 1. The molecule has 3 aromatic rings. The van der Waals surface area contributed by atoms with E-state index in [0.29, 0.717) is 28.4 Å². The fourth-order valence-corrected chi connectivity index (χ4v) is 4.80. The van der Waals surface area contributed by atoms with Gasteiger partial charge >= 0.3 is 0 Å². The fraction of sp³-hybridized carbons (Fsp3) is 0.417. The number of fused-ring (bicyclic) bond motifs is 1. The molecule has 2 aromatic heterocycles. The van der Waals surface area contributed by atoms with Crippen molar-refractivity contribution in [2.75, 3.05) is 11.1 Å². The molecule has 0 bridgehead atoms. The van der Waals surface area contributed by atoms with Gasteiger partial charge in [-0.25, -0.2) is 9.67 Å². The molecule has 0 saturated carbocycles. The van der Waals surface area contributed by atoms with Gasteiger partial charge in [0.2, 0.25) is 5.91 Å². The second-order valence-corrected chi connectivity index (χ2v) is 9.26. The molecule has 0 atom stereocenters. The van der Waals surface area contributed by atoms with Crippen molar-refractivity contribution in [2.24, 2.45) is 0 Å². The van der Waals surface area contributed by atoms with Crippen molar-refractivity contribution < 1.29 is 4.79 Å². The lowest BCUT2D eigenvalue weighted by Crippen LogP contribution is -2.25. The maximum absolute atomic E-state index is 13.2. The number of allylic oxidation sites excluding steroid dienone is 2. The van der Waals surface area contributed by atoms with Crippen molar-refractivity contribution in [3.63, 3.8) is 0 Å². The van der Waals surface area contributed by atoms with Gasteiger partial charge in [-0.3, -0.25) is 14.2 Å². The third-order valence-electron chi connectivity index (χ3n) is 5.63. The number of carbonyl (C=O) groups excluding carboxylic acids is 1. The second kappa shape index (κ2) is 10.2. The van der Waals surface area contributed by atoms with E-state index in [4.69, 9.17) is 4.98 Å². The highest BCUT2D eigenvalue weighted by molar-refractivity contribution is 7.99. The minimum atomic E-state index is -0.152. The Balaban J connectivity index is 1.53. The summed E-state index contributed by atoms with van der Waals surface area (Å²) in [6.07, 6.45) is 9.50. The average Bonchev–Trinajstić information content (AvgIpc) is 3.26. The van der Waals surface area contributed by atoms with Gasteiger partial charge in [0, 0.05) is 18.7 Å². The first-order valence-electron chi connectivity index (χ1n) is 11.2. The van der Waals surface area contributed by atoms with Crippen LogP contribution in [0.3, 0.4) is 0 Å². The number of amides is 1. The first-order valence-corrected chi connectivity index (χ1v) is 12.1. The lowest BCUT2D eigenvalue weighted by Gasteiger charge is -2.16. The summed E-state index contributed by atoms with van der Waals surface area (Å²) in [6, 6.07) is 9.32. The summed E-state index contributed by atoms with van der Waals surface area (Å²) in [4.78, 5) is 30.6. The van der Waals surface area contributed by atoms with Crippen LogP contribution in [0, 0.1) is 0 Å². The van der Waals surface area contributed by atoms with Gasteiger partial charge in [0.15, 0.2) is 5.16 Å². The Kier molecular flexibility index (Phi) is 7.09. The summed E-state index contributed by atoms with van der Waals surface area (Å²) < 4.78 is 3.50. The second-order valence-electron chi connectivity index (χ2n) is 8.32. The molecule has 4 rings (SSSR count). The number of benzene rings is 1. The monoisotopic (exact) mass is 451 g/mol. The Hall–Kier alpha value is -2.87. The Bertz CT molecular complexity index is 1190. The van der Waals surface area contributed by atoms with Gasteiger partial charge < -0.3 is 5.32 Å². The molecule has 0 aliphatic heterocycles. The lowest BCUT2D eigenvalue weighted by molar-refractivity contribution is -0.113. The Morgan fingerprint density at radius 2 is 2.06 bits per heavy atom. The minimum absolute atomic E-state index is 0.0483. The molecule has 0 fully saturated rings. The fourth-order valence-electron chi connectivity index (χ4n) is 3.98. The van der Waals surface area contributed by atoms with Gasteiger partial charge in [-0.1, -0.05) is 35.5 Å². The largest absolute Gasteiger partial charge is 0.310 e. The van der Waals surface area contributed by atoms with Gasteiger partial charge in [-0.2, -0.15) is 5.10 Å². The summed E-state index contributed by atoms with van der Waals surface area (Å²) >= 11 is 1.30. The van der Waals surface area contributed by atoms with Crippen LogP contribution in [0.4, 0.5) is 5.82 Å². The molecule has 0 saturated heterocycles. The van der Waals surface area contributed by atoms with E-state index in [0.717, 1.165) is 19.3 Å². The van der Waals surface area contributed by atoms with E-state index in [1.54, 1.807) is 21.5 Å². The number of thioether (sulfide) groups is 1. The predicted octanol–water partition coefficient (Wildman–Crippen LogP) is 4.80. The van der Waals surface area contributed by atoms with Crippen LogP contribution in [0.15, 0.2) is 58.1 Å². The highest BCUT2D eigenvalue weighted by Crippen LogP contribution is 2.23. The summed E-state index contributed by atoms with van der Waals surface area (Å²) in [6.45, 7) is 4.60. The average molecular weight is 452 g/mol. The van der Waals surface area contributed by atoms with Gasteiger partial charge in [0.05, 0.1) is 22.9 Å². The molecule has 32 heavy (non-hydrogen) atoms. The van der Waals surface area contributed by atoms with Crippen LogP contribution >= 0.6 is 11.8 Å². The van der Waals surface area contributed by atoms with E-state index < -0.39 is 0 Å². The number of para-hydroxylation sites is 1. The quantitative estimate of drug-likeness (QED) is 0.302. The molecule has 168 valence electrons. The number of hydrogen-bond acceptors (Lipinski definition) is 5. The normalized spacial score (nSPS) is 14.0. The van der Waals surface area contributed by atoms with Crippen LogP contribution in [-0.2, 0) is 11.3 Å². The van der Waals surface area contributed by atoms with Crippen LogP contribution in [0.1, 0.15) is 52.0 Å². The Morgan fingerprint density at radius 1 is 1.22 bits per heavy atom. The SMILES string of the molecule is CC(C)n1nccc1NC(=O)CSc1nc2ccccc2c(=O)n1CCC1=CCCCC1. The van der Waals surface area contributed by atoms with Crippen molar-refractivity contribution in [1.29, 1.82) is 0 Å². The zero-order valence-electron chi connectivity index (χ0n) is 18.6. The molecule has 1 aliphatic carbocycles. The lowest BCUT2D eigenvalue weighted by atomic mass is 9.97. The van der Waals surface area contributed by atoms with Gasteiger partial charge in [-0.05, 0) is 58.1 Å². The van der Waals surface area contributed by atoms with Crippen molar-refractivity contribution in [2.45, 2.75) is 63.7 Å². The number of nitrogens with zero attached hydrogens (tertiary/aromatic N) is 4. The van der Waals surface area contributed by atoms with Crippen LogP contribution in [-0.4, -0.2) is 31.0 Å². The number of anilines is 1. The summed E-state index contributed by atoms with van der Waals surface area (Å²) in [7, 11) is 0. The molecular weight excluding hydrogens is 422 g/mol.